The Labute approximate surface area is 113 Å². The lowest BCUT2D eigenvalue weighted by molar-refractivity contribution is 0.0570. The van der Waals surface area contributed by atoms with Crippen LogP contribution in [0.3, 0.4) is 0 Å². The highest BCUT2D eigenvalue weighted by Gasteiger charge is 2.45. The summed E-state index contributed by atoms with van der Waals surface area (Å²) in [5, 5.41) is 0. The van der Waals surface area contributed by atoms with E-state index in [0.29, 0.717) is 23.6 Å². The van der Waals surface area contributed by atoms with Crippen molar-refractivity contribution in [2.75, 3.05) is 6.54 Å². The molecule has 18 heavy (non-hydrogen) atoms. The number of imide groups is 1. The highest BCUT2D eigenvalue weighted by molar-refractivity contribution is 9.10. The highest BCUT2D eigenvalue weighted by atomic mass is 79.9. The summed E-state index contributed by atoms with van der Waals surface area (Å²) in [5.74, 6) is -0.0239. The topological polar surface area (TPSA) is 63.4 Å². The van der Waals surface area contributed by atoms with E-state index in [1.807, 2.05) is 0 Å². The van der Waals surface area contributed by atoms with Crippen LogP contribution in [0.5, 0.6) is 0 Å². The van der Waals surface area contributed by atoms with E-state index in [4.69, 9.17) is 5.73 Å². The van der Waals surface area contributed by atoms with Crippen LogP contribution in [0.4, 0.5) is 0 Å². The Morgan fingerprint density at radius 2 is 1.94 bits per heavy atom. The third-order valence-electron chi connectivity index (χ3n) is 3.62. The minimum atomic E-state index is -0.210. The van der Waals surface area contributed by atoms with E-state index in [2.05, 4.69) is 15.9 Å². The van der Waals surface area contributed by atoms with Gasteiger partial charge in [0, 0.05) is 11.0 Å². The van der Waals surface area contributed by atoms with Crippen molar-refractivity contribution in [1.29, 1.82) is 0 Å². The lowest BCUT2D eigenvalue weighted by Crippen LogP contribution is -2.45. The van der Waals surface area contributed by atoms with Crippen molar-refractivity contribution < 1.29 is 9.59 Å². The molecule has 1 unspecified atom stereocenters. The Kier molecular flexibility index (Phi) is 2.75. The van der Waals surface area contributed by atoms with Crippen LogP contribution in [0.15, 0.2) is 22.7 Å². The molecule has 1 saturated carbocycles. The summed E-state index contributed by atoms with van der Waals surface area (Å²) in [6, 6.07) is 5.04. The number of carbonyl (C=O) groups excluding carboxylic acids is 2. The molecule has 1 aliphatic heterocycles. The SMILES string of the molecule is NCC(C1CC1)N1C(=O)c2ccc(Br)cc2C1=O. The van der Waals surface area contributed by atoms with Crippen molar-refractivity contribution in [2.24, 2.45) is 11.7 Å². The normalized spacial score (nSPS) is 20.2. The van der Waals surface area contributed by atoms with E-state index < -0.39 is 0 Å². The van der Waals surface area contributed by atoms with Gasteiger partial charge in [-0.3, -0.25) is 14.5 Å². The fourth-order valence-electron chi connectivity index (χ4n) is 2.52. The van der Waals surface area contributed by atoms with Crippen LogP contribution in [0.2, 0.25) is 0 Å². The molecule has 1 fully saturated rings. The molecule has 4 nitrogen and oxygen atoms in total. The molecule has 5 heteroatoms. The van der Waals surface area contributed by atoms with Crippen molar-refractivity contribution >= 4 is 27.7 Å². The largest absolute Gasteiger partial charge is 0.328 e. The second-order valence-electron chi connectivity index (χ2n) is 4.81. The molecule has 2 N–H and O–H groups in total. The zero-order valence-electron chi connectivity index (χ0n) is 9.73. The molecule has 1 aliphatic carbocycles. The van der Waals surface area contributed by atoms with Crippen LogP contribution in [-0.2, 0) is 0 Å². The summed E-state index contributed by atoms with van der Waals surface area (Å²) in [6.45, 7) is 0.345. The molecule has 0 bridgehead atoms. The second-order valence-corrected chi connectivity index (χ2v) is 5.73. The van der Waals surface area contributed by atoms with Crippen LogP contribution >= 0.6 is 15.9 Å². The van der Waals surface area contributed by atoms with Gasteiger partial charge in [0.05, 0.1) is 17.2 Å². The maximum Gasteiger partial charge on any atom is 0.261 e. The maximum atomic E-state index is 12.3. The van der Waals surface area contributed by atoms with Crippen LogP contribution < -0.4 is 5.73 Å². The molecule has 0 radical (unpaired) electrons. The van der Waals surface area contributed by atoms with Gasteiger partial charge in [-0.25, -0.2) is 0 Å². The third-order valence-corrected chi connectivity index (χ3v) is 4.11. The molecule has 3 rings (SSSR count). The van der Waals surface area contributed by atoms with Gasteiger partial charge < -0.3 is 5.73 Å². The van der Waals surface area contributed by atoms with Gasteiger partial charge in [-0.15, -0.1) is 0 Å². The number of benzene rings is 1. The molecule has 0 spiro atoms. The second kappa shape index (κ2) is 4.17. The number of carbonyl (C=O) groups is 2. The van der Waals surface area contributed by atoms with Crippen molar-refractivity contribution in [3.63, 3.8) is 0 Å². The summed E-state index contributed by atoms with van der Waals surface area (Å²) in [5.41, 5.74) is 6.70. The van der Waals surface area contributed by atoms with Gasteiger partial charge in [0.25, 0.3) is 11.8 Å². The standard InChI is InChI=1S/C13H13BrN2O2/c14-8-3-4-9-10(5-8)13(18)16(12(9)17)11(6-15)7-1-2-7/h3-5,7,11H,1-2,6,15H2. The third kappa shape index (κ3) is 1.69. The minimum absolute atomic E-state index is 0.142. The monoisotopic (exact) mass is 308 g/mol. The molecule has 1 aromatic carbocycles. The Bertz CT molecular complexity index is 540. The summed E-state index contributed by atoms with van der Waals surface area (Å²) in [7, 11) is 0. The van der Waals surface area contributed by atoms with Gasteiger partial charge in [0.2, 0.25) is 0 Å². The number of halogens is 1. The van der Waals surface area contributed by atoms with E-state index in [1.54, 1.807) is 18.2 Å². The molecular formula is C13H13BrN2O2. The zero-order chi connectivity index (χ0) is 12.9. The van der Waals surface area contributed by atoms with Gasteiger partial charge in [0.1, 0.15) is 0 Å². The lowest BCUT2D eigenvalue weighted by Gasteiger charge is -2.24. The van der Waals surface area contributed by atoms with Crippen molar-refractivity contribution in [3.05, 3.63) is 33.8 Å². The van der Waals surface area contributed by atoms with E-state index in [-0.39, 0.29) is 17.9 Å². The number of amides is 2. The number of nitrogens with two attached hydrogens (primary N) is 1. The quantitative estimate of drug-likeness (QED) is 0.866. The molecule has 1 heterocycles. The predicted molar refractivity (Wildman–Crippen MR) is 70.2 cm³/mol. The Balaban J connectivity index is 2.00. The van der Waals surface area contributed by atoms with Crippen LogP contribution in [-0.4, -0.2) is 29.3 Å². The zero-order valence-corrected chi connectivity index (χ0v) is 11.3. The van der Waals surface area contributed by atoms with Crippen molar-refractivity contribution in [3.8, 4) is 0 Å². The minimum Gasteiger partial charge on any atom is -0.328 e. The fourth-order valence-corrected chi connectivity index (χ4v) is 2.88. The Morgan fingerprint density at radius 1 is 1.28 bits per heavy atom. The van der Waals surface area contributed by atoms with Crippen molar-refractivity contribution in [2.45, 2.75) is 18.9 Å². The molecular weight excluding hydrogens is 296 g/mol. The molecule has 1 aromatic rings. The predicted octanol–water partition coefficient (Wildman–Crippen LogP) is 1.78. The molecule has 94 valence electrons. The summed E-state index contributed by atoms with van der Waals surface area (Å²) >= 11 is 3.32. The number of rotatable bonds is 3. The average Bonchev–Trinajstić information content (AvgIpc) is 3.15. The first-order valence-corrected chi connectivity index (χ1v) is 6.80. The highest BCUT2D eigenvalue weighted by Crippen LogP contribution is 2.38. The summed E-state index contributed by atoms with van der Waals surface area (Å²) in [6.07, 6.45) is 2.11. The molecule has 2 amide bonds. The first kappa shape index (κ1) is 11.9. The van der Waals surface area contributed by atoms with Gasteiger partial charge in [-0.05, 0) is 37.0 Å². The van der Waals surface area contributed by atoms with E-state index >= 15 is 0 Å². The van der Waals surface area contributed by atoms with Gasteiger partial charge in [0.15, 0.2) is 0 Å². The average molecular weight is 309 g/mol. The Morgan fingerprint density at radius 3 is 2.56 bits per heavy atom. The lowest BCUT2D eigenvalue weighted by atomic mass is 10.1. The maximum absolute atomic E-state index is 12.3. The Hall–Kier alpha value is -1.20. The van der Waals surface area contributed by atoms with Gasteiger partial charge >= 0.3 is 0 Å². The number of hydrogen-bond acceptors (Lipinski definition) is 3. The first-order valence-electron chi connectivity index (χ1n) is 6.01. The van der Waals surface area contributed by atoms with E-state index in [9.17, 15) is 9.59 Å². The summed E-state index contributed by atoms with van der Waals surface area (Å²) in [4.78, 5) is 26.0. The van der Waals surface area contributed by atoms with E-state index in [0.717, 1.165) is 17.3 Å². The number of hydrogen-bond donors (Lipinski definition) is 1. The van der Waals surface area contributed by atoms with Crippen LogP contribution in [0.25, 0.3) is 0 Å². The number of nitrogens with zero attached hydrogens (tertiary/aromatic N) is 1. The van der Waals surface area contributed by atoms with Gasteiger partial charge in [-0.2, -0.15) is 0 Å². The molecule has 1 atom stereocenters. The van der Waals surface area contributed by atoms with E-state index in [1.165, 1.54) is 4.90 Å². The molecule has 0 saturated heterocycles. The number of fused-ring (bicyclic) bond motifs is 1. The summed E-state index contributed by atoms with van der Waals surface area (Å²) < 4.78 is 0.806. The first-order chi connectivity index (χ1) is 8.63. The molecule has 2 aliphatic rings. The smallest absolute Gasteiger partial charge is 0.261 e. The van der Waals surface area contributed by atoms with Gasteiger partial charge in [-0.1, -0.05) is 15.9 Å². The van der Waals surface area contributed by atoms with Crippen molar-refractivity contribution in [1.82, 2.24) is 4.90 Å². The van der Waals surface area contributed by atoms with Crippen LogP contribution in [0, 0.1) is 5.92 Å². The molecule has 0 aromatic heterocycles. The van der Waals surface area contributed by atoms with Crippen LogP contribution in [0.1, 0.15) is 33.6 Å². The fraction of sp³-hybridized carbons (Fsp3) is 0.385.